The summed E-state index contributed by atoms with van der Waals surface area (Å²) >= 11 is 0. The molecule has 1 atom stereocenters. The fourth-order valence-electron chi connectivity index (χ4n) is 2.04. The summed E-state index contributed by atoms with van der Waals surface area (Å²) in [7, 11) is 0. The molecule has 70 valence electrons. The quantitative estimate of drug-likeness (QED) is 0.734. The Morgan fingerprint density at radius 2 is 1.85 bits per heavy atom. The van der Waals surface area contributed by atoms with Crippen LogP contribution < -0.4 is 5.73 Å². The van der Waals surface area contributed by atoms with Gasteiger partial charge in [-0.1, -0.05) is 36.8 Å². The molecule has 1 saturated carbocycles. The molecule has 1 aromatic carbocycles. The van der Waals surface area contributed by atoms with Crippen LogP contribution >= 0.6 is 0 Å². The lowest BCUT2D eigenvalue weighted by molar-refractivity contribution is 0.183. The molecule has 1 aliphatic carbocycles. The van der Waals surface area contributed by atoms with Gasteiger partial charge < -0.3 is 5.73 Å². The second-order valence-electron chi connectivity index (χ2n) is 4.28. The minimum atomic E-state index is -0.112. The molecule has 0 aliphatic heterocycles. The van der Waals surface area contributed by atoms with Crippen LogP contribution in [0.1, 0.15) is 31.7 Å². The first kappa shape index (κ1) is 8.76. The zero-order valence-electron chi connectivity index (χ0n) is 8.16. The highest BCUT2D eigenvalue weighted by atomic mass is 14.8. The maximum Gasteiger partial charge on any atom is 0.0409 e. The fraction of sp³-hybridized carbons (Fsp3) is 0.500. The largest absolute Gasteiger partial charge is 0.321 e. The monoisotopic (exact) mass is 175 g/mol. The number of benzene rings is 1. The van der Waals surface area contributed by atoms with Crippen LogP contribution in [0.25, 0.3) is 0 Å². The Kier molecular flexibility index (Phi) is 2.12. The summed E-state index contributed by atoms with van der Waals surface area (Å²) in [5.41, 5.74) is 7.51. The van der Waals surface area contributed by atoms with Gasteiger partial charge in [-0.3, -0.25) is 0 Å². The van der Waals surface area contributed by atoms with Gasteiger partial charge in [-0.25, -0.2) is 0 Å². The van der Waals surface area contributed by atoms with Crippen molar-refractivity contribution < 1.29 is 0 Å². The third-order valence-corrected chi connectivity index (χ3v) is 3.35. The summed E-state index contributed by atoms with van der Waals surface area (Å²) in [6.45, 7) is 2.16. The molecule has 2 rings (SSSR count). The molecule has 0 radical (unpaired) electrons. The van der Waals surface area contributed by atoms with Crippen molar-refractivity contribution in [2.45, 2.75) is 31.7 Å². The van der Waals surface area contributed by atoms with E-state index in [1.807, 2.05) is 6.07 Å². The molecule has 0 amide bonds. The second kappa shape index (κ2) is 3.15. The lowest BCUT2D eigenvalue weighted by atomic mass is 9.69. The molecule has 1 nitrogen and oxygen atoms in total. The Hall–Kier alpha value is -0.820. The fourth-order valence-corrected chi connectivity index (χ4v) is 2.04. The first-order chi connectivity index (χ1) is 6.21. The molecule has 1 fully saturated rings. The molecular formula is C12H17N. The van der Waals surface area contributed by atoms with Crippen LogP contribution in [0.4, 0.5) is 0 Å². The van der Waals surface area contributed by atoms with Gasteiger partial charge in [-0.05, 0) is 31.2 Å². The van der Waals surface area contributed by atoms with E-state index in [2.05, 4.69) is 31.2 Å². The molecule has 13 heavy (non-hydrogen) atoms. The van der Waals surface area contributed by atoms with Crippen LogP contribution in [-0.4, -0.2) is 0 Å². The lowest BCUT2D eigenvalue weighted by Crippen LogP contribution is -2.44. The van der Waals surface area contributed by atoms with E-state index in [-0.39, 0.29) is 5.54 Å². The number of rotatable bonds is 2. The molecule has 1 unspecified atom stereocenters. The lowest BCUT2D eigenvalue weighted by Gasteiger charge is -2.40. The zero-order chi connectivity index (χ0) is 9.31. The molecular weight excluding hydrogens is 158 g/mol. The van der Waals surface area contributed by atoms with Crippen LogP contribution in [0, 0.1) is 5.92 Å². The van der Waals surface area contributed by atoms with Gasteiger partial charge >= 0.3 is 0 Å². The van der Waals surface area contributed by atoms with Gasteiger partial charge in [0.15, 0.2) is 0 Å². The van der Waals surface area contributed by atoms with E-state index in [1.54, 1.807) is 0 Å². The number of hydrogen-bond donors (Lipinski definition) is 1. The van der Waals surface area contributed by atoms with Crippen LogP contribution in [0.2, 0.25) is 0 Å². The minimum Gasteiger partial charge on any atom is -0.321 e. The third-order valence-electron chi connectivity index (χ3n) is 3.35. The Labute approximate surface area is 80.0 Å². The number of nitrogens with two attached hydrogens (primary N) is 1. The van der Waals surface area contributed by atoms with Crippen LogP contribution in [0.3, 0.4) is 0 Å². The van der Waals surface area contributed by atoms with Gasteiger partial charge in [-0.2, -0.15) is 0 Å². The maximum absolute atomic E-state index is 6.34. The molecule has 1 heteroatoms. The van der Waals surface area contributed by atoms with Crippen LogP contribution in [-0.2, 0) is 5.54 Å². The summed E-state index contributed by atoms with van der Waals surface area (Å²) in [5, 5.41) is 0. The SMILES string of the molecule is CC(N)(c1ccccc1)C1CCC1. The standard InChI is InChI=1S/C12H17N/c1-12(13,11-8-5-9-11)10-6-3-2-4-7-10/h2-4,6-7,11H,5,8-9,13H2,1H3. The summed E-state index contributed by atoms with van der Waals surface area (Å²) < 4.78 is 0. The van der Waals surface area contributed by atoms with Crippen LogP contribution in [0.5, 0.6) is 0 Å². The van der Waals surface area contributed by atoms with Gasteiger partial charge in [0.1, 0.15) is 0 Å². The van der Waals surface area contributed by atoms with E-state index < -0.39 is 0 Å². The normalized spacial score (nSPS) is 22.0. The van der Waals surface area contributed by atoms with E-state index >= 15 is 0 Å². The van der Waals surface area contributed by atoms with Crippen molar-refractivity contribution in [2.75, 3.05) is 0 Å². The molecule has 0 spiro atoms. The highest BCUT2D eigenvalue weighted by molar-refractivity contribution is 5.24. The Morgan fingerprint density at radius 1 is 1.23 bits per heavy atom. The van der Waals surface area contributed by atoms with E-state index in [0.717, 1.165) is 0 Å². The first-order valence-corrected chi connectivity index (χ1v) is 5.05. The molecule has 2 N–H and O–H groups in total. The average Bonchev–Trinajstić information content (AvgIpc) is 2.02. The van der Waals surface area contributed by atoms with E-state index in [0.29, 0.717) is 5.92 Å². The average molecular weight is 175 g/mol. The Morgan fingerprint density at radius 3 is 2.31 bits per heavy atom. The third kappa shape index (κ3) is 1.49. The van der Waals surface area contributed by atoms with Gasteiger partial charge in [0.2, 0.25) is 0 Å². The molecule has 0 heterocycles. The van der Waals surface area contributed by atoms with Crippen molar-refractivity contribution in [1.29, 1.82) is 0 Å². The molecule has 0 saturated heterocycles. The Balaban J connectivity index is 2.23. The predicted molar refractivity (Wildman–Crippen MR) is 55.3 cm³/mol. The van der Waals surface area contributed by atoms with Crippen molar-refractivity contribution in [3.8, 4) is 0 Å². The maximum atomic E-state index is 6.34. The van der Waals surface area contributed by atoms with Gasteiger partial charge in [0.05, 0.1) is 0 Å². The smallest absolute Gasteiger partial charge is 0.0409 e. The van der Waals surface area contributed by atoms with Crippen molar-refractivity contribution in [2.24, 2.45) is 11.7 Å². The first-order valence-electron chi connectivity index (χ1n) is 5.05. The Bertz CT molecular complexity index is 272. The topological polar surface area (TPSA) is 26.0 Å². The molecule has 0 bridgehead atoms. The summed E-state index contributed by atoms with van der Waals surface area (Å²) in [6, 6.07) is 10.5. The van der Waals surface area contributed by atoms with Gasteiger partial charge in [0, 0.05) is 5.54 Å². The van der Waals surface area contributed by atoms with Crippen molar-refractivity contribution >= 4 is 0 Å². The summed E-state index contributed by atoms with van der Waals surface area (Å²) in [6.07, 6.45) is 3.94. The minimum absolute atomic E-state index is 0.112. The van der Waals surface area contributed by atoms with Gasteiger partial charge in [0.25, 0.3) is 0 Å². The van der Waals surface area contributed by atoms with E-state index in [4.69, 9.17) is 5.73 Å². The number of hydrogen-bond acceptors (Lipinski definition) is 1. The summed E-state index contributed by atoms with van der Waals surface area (Å²) in [5.74, 6) is 0.690. The van der Waals surface area contributed by atoms with E-state index in [9.17, 15) is 0 Å². The molecule has 0 aromatic heterocycles. The van der Waals surface area contributed by atoms with Crippen molar-refractivity contribution in [1.82, 2.24) is 0 Å². The molecule has 1 aromatic rings. The van der Waals surface area contributed by atoms with Crippen molar-refractivity contribution in [3.05, 3.63) is 35.9 Å². The second-order valence-corrected chi connectivity index (χ2v) is 4.28. The molecule has 1 aliphatic rings. The van der Waals surface area contributed by atoms with Gasteiger partial charge in [-0.15, -0.1) is 0 Å². The summed E-state index contributed by atoms with van der Waals surface area (Å²) in [4.78, 5) is 0. The highest BCUT2D eigenvalue weighted by Crippen LogP contribution is 2.40. The van der Waals surface area contributed by atoms with Crippen molar-refractivity contribution in [3.63, 3.8) is 0 Å². The predicted octanol–water partition coefficient (Wildman–Crippen LogP) is 2.66. The van der Waals surface area contributed by atoms with E-state index in [1.165, 1.54) is 24.8 Å². The highest BCUT2D eigenvalue weighted by Gasteiger charge is 2.35. The van der Waals surface area contributed by atoms with Crippen LogP contribution in [0.15, 0.2) is 30.3 Å². The zero-order valence-corrected chi connectivity index (χ0v) is 8.16.